The molecule has 0 fully saturated rings. The number of sulfonamides is 1. The van der Waals surface area contributed by atoms with E-state index in [1.165, 1.54) is 31.5 Å². The van der Waals surface area contributed by atoms with Gasteiger partial charge in [-0.1, -0.05) is 0 Å². The molecule has 21 heavy (non-hydrogen) atoms. The van der Waals surface area contributed by atoms with Crippen LogP contribution in [0.1, 0.15) is 19.9 Å². The van der Waals surface area contributed by atoms with Gasteiger partial charge >= 0.3 is 0 Å². The molecule has 0 saturated heterocycles. The summed E-state index contributed by atoms with van der Waals surface area (Å²) in [5.74, 6) is 0.432. The van der Waals surface area contributed by atoms with Crippen LogP contribution in [-0.2, 0) is 10.0 Å². The summed E-state index contributed by atoms with van der Waals surface area (Å²) in [6.07, 6.45) is 3.10. The number of aromatic nitrogens is 2. The van der Waals surface area contributed by atoms with Crippen molar-refractivity contribution in [3.8, 4) is 5.75 Å². The van der Waals surface area contributed by atoms with E-state index in [1.54, 1.807) is 10.9 Å². The number of nitrogens with one attached hydrogen (secondary N) is 1. The number of hydrogen-bond acceptors (Lipinski definition) is 5. The number of benzene rings is 1. The summed E-state index contributed by atoms with van der Waals surface area (Å²) in [6.45, 7) is 3.91. The van der Waals surface area contributed by atoms with Gasteiger partial charge in [-0.2, -0.15) is 5.10 Å². The zero-order valence-corrected chi connectivity index (χ0v) is 12.9. The average Bonchev–Trinajstić information content (AvgIpc) is 2.86. The van der Waals surface area contributed by atoms with Gasteiger partial charge in [0, 0.05) is 12.2 Å². The molecular weight excluding hydrogens is 292 g/mol. The number of nitrogen functional groups attached to an aromatic ring is 1. The molecule has 0 spiro atoms. The van der Waals surface area contributed by atoms with E-state index in [2.05, 4.69) is 9.82 Å². The Kier molecular flexibility index (Phi) is 4.08. The summed E-state index contributed by atoms with van der Waals surface area (Å²) in [4.78, 5) is 0.0677. The van der Waals surface area contributed by atoms with Crippen LogP contribution in [0.3, 0.4) is 0 Å². The summed E-state index contributed by atoms with van der Waals surface area (Å²) in [5.41, 5.74) is 6.40. The fraction of sp³-hybridized carbons (Fsp3) is 0.308. The predicted octanol–water partition coefficient (Wildman–Crippen LogP) is 1.86. The molecule has 0 bridgehead atoms. The van der Waals surface area contributed by atoms with Gasteiger partial charge in [0.1, 0.15) is 5.75 Å². The first-order chi connectivity index (χ1) is 9.83. The third kappa shape index (κ3) is 3.27. The quantitative estimate of drug-likeness (QED) is 0.821. The predicted molar refractivity (Wildman–Crippen MR) is 80.8 cm³/mol. The minimum Gasteiger partial charge on any atom is -0.495 e. The topological polar surface area (TPSA) is 99.2 Å². The van der Waals surface area contributed by atoms with Crippen molar-refractivity contribution in [3.63, 3.8) is 0 Å². The number of hydrogen-bond donors (Lipinski definition) is 2. The van der Waals surface area contributed by atoms with E-state index >= 15 is 0 Å². The van der Waals surface area contributed by atoms with Crippen molar-refractivity contribution in [1.29, 1.82) is 0 Å². The molecule has 1 aromatic heterocycles. The molecule has 0 aliphatic carbocycles. The number of methoxy groups -OCH3 is 1. The number of nitrogens with two attached hydrogens (primary N) is 1. The Hall–Kier alpha value is -2.22. The Morgan fingerprint density at radius 3 is 2.62 bits per heavy atom. The molecule has 3 N–H and O–H groups in total. The van der Waals surface area contributed by atoms with E-state index in [0.717, 1.165) is 0 Å². The zero-order chi connectivity index (χ0) is 15.6. The van der Waals surface area contributed by atoms with Crippen molar-refractivity contribution < 1.29 is 13.2 Å². The largest absolute Gasteiger partial charge is 0.495 e. The number of rotatable bonds is 5. The van der Waals surface area contributed by atoms with Gasteiger partial charge in [-0.15, -0.1) is 0 Å². The molecule has 114 valence electrons. The summed E-state index contributed by atoms with van der Waals surface area (Å²) >= 11 is 0. The minimum absolute atomic E-state index is 0.0677. The lowest BCUT2D eigenvalue weighted by Gasteiger charge is -2.09. The molecule has 0 atom stereocenters. The summed E-state index contributed by atoms with van der Waals surface area (Å²) in [5, 5.41) is 4.08. The van der Waals surface area contributed by atoms with Crippen molar-refractivity contribution in [2.75, 3.05) is 17.6 Å². The van der Waals surface area contributed by atoms with Crippen LogP contribution in [0.5, 0.6) is 5.75 Å². The van der Waals surface area contributed by atoms with E-state index in [1.807, 2.05) is 13.8 Å². The second-order valence-corrected chi connectivity index (χ2v) is 6.49. The molecule has 1 heterocycles. The number of ether oxygens (including phenoxy) is 1. The van der Waals surface area contributed by atoms with E-state index < -0.39 is 10.0 Å². The van der Waals surface area contributed by atoms with Gasteiger partial charge in [0.15, 0.2) is 0 Å². The lowest BCUT2D eigenvalue weighted by Crippen LogP contribution is -2.13. The molecule has 1 aromatic carbocycles. The van der Waals surface area contributed by atoms with Crippen molar-refractivity contribution in [2.24, 2.45) is 0 Å². The minimum atomic E-state index is -3.71. The average molecular weight is 310 g/mol. The van der Waals surface area contributed by atoms with Crippen LogP contribution in [-0.4, -0.2) is 25.3 Å². The molecule has 0 saturated carbocycles. The van der Waals surface area contributed by atoms with Gasteiger partial charge in [0.2, 0.25) is 0 Å². The smallest absolute Gasteiger partial charge is 0.262 e. The van der Waals surface area contributed by atoms with Crippen molar-refractivity contribution in [1.82, 2.24) is 9.78 Å². The maximum absolute atomic E-state index is 12.3. The van der Waals surface area contributed by atoms with Crippen molar-refractivity contribution >= 4 is 21.4 Å². The summed E-state index contributed by atoms with van der Waals surface area (Å²) in [6, 6.07) is 4.46. The van der Waals surface area contributed by atoms with Crippen LogP contribution >= 0.6 is 0 Å². The Morgan fingerprint density at radius 1 is 1.38 bits per heavy atom. The Balaban J connectivity index is 2.27. The third-order valence-electron chi connectivity index (χ3n) is 2.89. The van der Waals surface area contributed by atoms with Crippen molar-refractivity contribution in [2.45, 2.75) is 24.8 Å². The second-order valence-electron chi connectivity index (χ2n) is 4.81. The molecule has 7 nitrogen and oxygen atoms in total. The highest BCUT2D eigenvalue weighted by atomic mass is 32.2. The van der Waals surface area contributed by atoms with E-state index in [-0.39, 0.29) is 16.6 Å². The monoisotopic (exact) mass is 310 g/mol. The van der Waals surface area contributed by atoms with Gasteiger partial charge in [0.05, 0.1) is 29.6 Å². The molecule has 2 aromatic rings. The van der Waals surface area contributed by atoms with E-state index in [4.69, 9.17) is 10.5 Å². The van der Waals surface area contributed by atoms with Gasteiger partial charge < -0.3 is 10.5 Å². The SMILES string of the molecule is COc1ccc(S(=O)(=O)Nc2cnn(C(C)C)c2)cc1N. The van der Waals surface area contributed by atoms with Crippen molar-refractivity contribution in [3.05, 3.63) is 30.6 Å². The maximum Gasteiger partial charge on any atom is 0.262 e. The first-order valence-corrected chi connectivity index (χ1v) is 7.82. The molecule has 0 unspecified atom stereocenters. The van der Waals surface area contributed by atoms with Gasteiger partial charge in [-0.3, -0.25) is 9.40 Å². The van der Waals surface area contributed by atoms with E-state index in [0.29, 0.717) is 11.4 Å². The molecule has 0 radical (unpaired) electrons. The molecule has 2 rings (SSSR count). The van der Waals surface area contributed by atoms with E-state index in [9.17, 15) is 8.42 Å². The highest BCUT2D eigenvalue weighted by Gasteiger charge is 2.17. The van der Waals surface area contributed by atoms with Crippen LogP contribution in [0.15, 0.2) is 35.5 Å². The Morgan fingerprint density at radius 2 is 2.10 bits per heavy atom. The fourth-order valence-corrected chi connectivity index (χ4v) is 2.83. The highest BCUT2D eigenvalue weighted by Crippen LogP contribution is 2.25. The molecule has 0 amide bonds. The molecular formula is C13H18N4O3S. The van der Waals surface area contributed by atoms with Crippen LogP contribution in [0.4, 0.5) is 11.4 Å². The maximum atomic E-state index is 12.3. The number of nitrogens with zero attached hydrogens (tertiary/aromatic N) is 2. The molecule has 8 heteroatoms. The highest BCUT2D eigenvalue weighted by molar-refractivity contribution is 7.92. The molecule has 0 aliphatic rings. The standard InChI is InChI=1S/C13H18N4O3S/c1-9(2)17-8-10(7-15-17)16-21(18,19)11-4-5-13(20-3)12(14)6-11/h4-9,16H,14H2,1-3H3. The fourth-order valence-electron chi connectivity index (χ4n) is 1.77. The molecule has 0 aliphatic heterocycles. The van der Waals surface area contributed by atoms with Crippen LogP contribution in [0.25, 0.3) is 0 Å². The first kappa shape index (κ1) is 15.2. The van der Waals surface area contributed by atoms with Gasteiger partial charge in [-0.25, -0.2) is 8.42 Å². The van der Waals surface area contributed by atoms with Gasteiger partial charge in [0.25, 0.3) is 10.0 Å². The zero-order valence-electron chi connectivity index (χ0n) is 12.1. The Labute approximate surface area is 123 Å². The summed E-state index contributed by atoms with van der Waals surface area (Å²) < 4.78 is 33.7. The second kappa shape index (κ2) is 5.65. The van der Waals surface area contributed by atoms with Crippen LogP contribution in [0, 0.1) is 0 Å². The third-order valence-corrected chi connectivity index (χ3v) is 4.27. The summed E-state index contributed by atoms with van der Waals surface area (Å²) in [7, 11) is -2.24. The lowest BCUT2D eigenvalue weighted by molar-refractivity contribution is 0.416. The lowest BCUT2D eigenvalue weighted by atomic mass is 10.3. The normalized spacial score (nSPS) is 11.6. The number of anilines is 2. The first-order valence-electron chi connectivity index (χ1n) is 6.34. The van der Waals surface area contributed by atoms with Crippen LogP contribution < -0.4 is 15.2 Å². The van der Waals surface area contributed by atoms with Crippen LogP contribution in [0.2, 0.25) is 0 Å². The van der Waals surface area contributed by atoms with Gasteiger partial charge in [-0.05, 0) is 32.0 Å². The Bertz CT molecular complexity index is 738.